The van der Waals surface area contributed by atoms with Crippen LogP contribution in [0.15, 0.2) is 36.5 Å². The van der Waals surface area contributed by atoms with Gasteiger partial charge in [0.25, 0.3) is 0 Å². The molecule has 0 aliphatic carbocycles. The van der Waals surface area contributed by atoms with Crippen molar-refractivity contribution in [3.8, 4) is 17.0 Å². The van der Waals surface area contributed by atoms with Crippen LogP contribution in [0.25, 0.3) is 22.3 Å². The Hall–Kier alpha value is -2.95. The highest BCUT2D eigenvalue weighted by Gasteiger charge is 2.10. The molecule has 0 saturated carbocycles. The Morgan fingerprint density at radius 2 is 1.68 bits per heavy atom. The van der Waals surface area contributed by atoms with E-state index in [9.17, 15) is 9.90 Å². The molecule has 0 atom stereocenters. The quantitative estimate of drug-likeness (QED) is 0.757. The number of hydrogen-bond acceptors (Lipinski definition) is 4. The van der Waals surface area contributed by atoms with Crippen molar-refractivity contribution in [2.45, 2.75) is 13.8 Å². The van der Waals surface area contributed by atoms with Crippen molar-refractivity contribution in [2.75, 3.05) is 0 Å². The molecule has 2 N–H and O–H groups in total. The van der Waals surface area contributed by atoms with Gasteiger partial charge in [0, 0.05) is 5.56 Å². The fourth-order valence-corrected chi connectivity index (χ4v) is 2.29. The number of rotatable bonds is 2. The van der Waals surface area contributed by atoms with Crippen LogP contribution in [0, 0.1) is 13.8 Å². The van der Waals surface area contributed by atoms with Gasteiger partial charge in [-0.25, -0.2) is 9.78 Å². The van der Waals surface area contributed by atoms with Gasteiger partial charge >= 0.3 is 5.97 Å². The number of benzene rings is 2. The van der Waals surface area contributed by atoms with Crippen LogP contribution < -0.4 is 0 Å². The summed E-state index contributed by atoms with van der Waals surface area (Å²) in [5.41, 5.74) is 4.82. The zero-order chi connectivity index (χ0) is 15.9. The van der Waals surface area contributed by atoms with E-state index in [1.54, 1.807) is 6.20 Å². The number of aryl methyl sites for hydroxylation is 2. The number of phenols is 1. The number of aromatic nitrogens is 2. The van der Waals surface area contributed by atoms with Crippen LogP contribution in [-0.2, 0) is 0 Å². The van der Waals surface area contributed by atoms with E-state index in [4.69, 9.17) is 5.11 Å². The predicted molar refractivity (Wildman–Crippen MR) is 83.1 cm³/mol. The maximum atomic E-state index is 11.1. The van der Waals surface area contributed by atoms with Crippen molar-refractivity contribution in [3.63, 3.8) is 0 Å². The number of aromatic carboxylic acids is 1. The molecular weight excluding hydrogens is 280 g/mol. The predicted octanol–water partition coefficient (Wildman–Crippen LogP) is 3.32. The zero-order valence-corrected chi connectivity index (χ0v) is 12.2. The molecule has 3 aromatic rings. The van der Waals surface area contributed by atoms with Crippen molar-refractivity contribution >= 4 is 17.0 Å². The maximum absolute atomic E-state index is 11.1. The number of hydrogen-bond donors (Lipinski definition) is 2. The van der Waals surface area contributed by atoms with E-state index in [0.717, 1.165) is 22.2 Å². The Kier molecular flexibility index (Phi) is 3.25. The summed E-state index contributed by atoms with van der Waals surface area (Å²) in [6.45, 7) is 4.01. The summed E-state index contributed by atoms with van der Waals surface area (Å²) in [4.78, 5) is 20.0. The number of fused-ring (bicyclic) bond motifs is 1. The Bertz CT molecular complexity index is 904. The molecule has 110 valence electrons. The molecule has 0 unspecified atom stereocenters. The molecule has 5 nitrogen and oxygen atoms in total. The molecule has 1 heterocycles. The number of carbonyl (C=O) groups is 1. The van der Waals surface area contributed by atoms with Gasteiger partial charge in [-0.1, -0.05) is 0 Å². The van der Waals surface area contributed by atoms with Crippen LogP contribution in [0.5, 0.6) is 5.75 Å². The molecule has 0 aliphatic heterocycles. The van der Waals surface area contributed by atoms with Gasteiger partial charge in [0.2, 0.25) is 0 Å². The fraction of sp³-hybridized carbons (Fsp3) is 0.118. The van der Waals surface area contributed by atoms with Gasteiger partial charge in [-0.15, -0.1) is 0 Å². The van der Waals surface area contributed by atoms with Crippen LogP contribution in [0.1, 0.15) is 21.5 Å². The summed E-state index contributed by atoms with van der Waals surface area (Å²) in [6.07, 6.45) is 1.58. The largest absolute Gasteiger partial charge is 0.508 e. The molecule has 0 bridgehead atoms. The van der Waals surface area contributed by atoms with Crippen LogP contribution >= 0.6 is 0 Å². The van der Waals surface area contributed by atoms with Crippen molar-refractivity contribution < 1.29 is 15.0 Å². The summed E-state index contributed by atoms with van der Waals surface area (Å²) >= 11 is 0. The Morgan fingerprint density at radius 1 is 1.00 bits per heavy atom. The molecule has 0 aliphatic rings. The minimum absolute atomic E-state index is 0.0111. The summed E-state index contributed by atoms with van der Waals surface area (Å²) < 4.78 is 0. The summed E-state index contributed by atoms with van der Waals surface area (Å²) in [5, 5.41) is 18.8. The molecule has 0 radical (unpaired) electrons. The van der Waals surface area contributed by atoms with E-state index in [1.165, 1.54) is 18.2 Å². The van der Waals surface area contributed by atoms with Gasteiger partial charge in [0.05, 0.1) is 28.5 Å². The second kappa shape index (κ2) is 5.11. The molecule has 0 amide bonds. The van der Waals surface area contributed by atoms with Crippen LogP contribution in [-0.4, -0.2) is 26.2 Å². The molecule has 0 spiro atoms. The zero-order valence-electron chi connectivity index (χ0n) is 12.2. The molecule has 3 rings (SSSR count). The monoisotopic (exact) mass is 294 g/mol. The van der Waals surface area contributed by atoms with Crippen molar-refractivity contribution in [3.05, 3.63) is 53.2 Å². The number of carboxylic acid groups (broad SMARTS) is 1. The molecule has 0 saturated heterocycles. The average molecular weight is 294 g/mol. The van der Waals surface area contributed by atoms with E-state index in [1.807, 2.05) is 26.0 Å². The third-order valence-corrected chi connectivity index (χ3v) is 3.62. The smallest absolute Gasteiger partial charge is 0.335 e. The minimum atomic E-state index is -1.10. The second-order valence-corrected chi connectivity index (χ2v) is 5.25. The van der Waals surface area contributed by atoms with Crippen molar-refractivity contribution in [2.24, 2.45) is 0 Å². The first-order valence-electron chi connectivity index (χ1n) is 6.76. The van der Waals surface area contributed by atoms with E-state index in [2.05, 4.69) is 9.97 Å². The first-order chi connectivity index (χ1) is 10.4. The van der Waals surface area contributed by atoms with E-state index >= 15 is 0 Å². The lowest BCUT2D eigenvalue weighted by molar-refractivity contribution is 0.0696. The normalized spacial score (nSPS) is 10.8. The first-order valence-corrected chi connectivity index (χ1v) is 6.76. The highest BCUT2D eigenvalue weighted by molar-refractivity contribution is 5.90. The number of aromatic hydroxyl groups is 1. The summed E-state index contributed by atoms with van der Waals surface area (Å²) in [6, 6.07) is 8.06. The fourth-order valence-electron chi connectivity index (χ4n) is 2.29. The summed E-state index contributed by atoms with van der Waals surface area (Å²) in [5.74, 6) is -1.21. The molecule has 5 heteroatoms. The standard InChI is InChI=1S/C17H14N2O3/c1-9-3-14-15(4-10(9)2)19-16(8-18-14)11-5-12(17(21)22)7-13(20)6-11/h3-8,20H,1-2H3,(H,21,22). The van der Waals surface area contributed by atoms with E-state index < -0.39 is 5.97 Å². The first kappa shape index (κ1) is 14.0. The SMILES string of the molecule is Cc1cc2ncc(-c3cc(O)cc(C(=O)O)c3)nc2cc1C. The van der Waals surface area contributed by atoms with Gasteiger partial charge in [-0.2, -0.15) is 0 Å². The van der Waals surface area contributed by atoms with Crippen LogP contribution in [0.2, 0.25) is 0 Å². The van der Waals surface area contributed by atoms with Gasteiger partial charge in [-0.05, 0) is 55.3 Å². The third-order valence-electron chi connectivity index (χ3n) is 3.62. The Balaban J connectivity index is 2.18. The van der Waals surface area contributed by atoms with E-state index in [-0.39, 0.29) is 11.3 Å². The topological polar surface area (TPSA) is 83.3 Å². The Labute approximate surface area is 126 Å². The molecule has 1 aromatic heterocycles. The molecule has 2 aromatic carbocycles. The number of phenolic OH excluding ortho intramolecular Hbond substituents is 1. The summed E-state index contributed by atoms with van der Waals surface area (Å²) in [7, 11) is 0. The third kappa shape index (κ3) is 2.48. The highest BCUT2D eigenvalue weighted by Crippen LogP contribution is 2.26. The van der Waals surface area contributed by atoms with Gasteiger partial charge < -0.3 is 10.2 Å². The highest BCUT2D eigenvalue weighted by atomic mass is 16.4. The van der Waals surface area contributed by atoms with Crippen molar-refractivity contribution in [1.82, 2.24) is 9.97 Å². The van der Waals surface area contributed by atoms with Crippen LogP contribution in [0.4, 0.5) is 0 Å². The second-order valence-electron chi connectivity index (χ2n) is 5.25. The van der Waals surface area contributed by atoms with Gasteiger partial charge in [0.15, 0.2) is 0 Å². The van der Waals surface area contributed by atoms with Gasteiger partial charge in [0.1, 0.15) is 5.75 Å². The molecule has 22 heavy (non-hydrogen) atoms. The molecule has 0 fully saturated rings. The maximum Gasteiger partial charge on any atom is 0.335 e. The average Bonchev–Trinajstić information content (AvgIpc) is 2.47. The lowest BCUT2D eigenvalue weighted by Gasteiger charge is -2.07. The van der Waals surface area contributed by atoms with E-state index in [0.29, 0.717) is 11.3 Å². The number of nitrogens with zero attached hydrogens (tertiary/aromatic N) is 2. The minimum Gasteiger partial charge on any atom is -0.508 e. The lowest BCUT2D eigenvalue weighted by Crippen LogP contribution is -1.97. The Morgan fingerprint density at radius 3 is 2.36 bits per heavy atom. The number of carboxylic acids is 1. The lowest BCUT2D eigenvalue weighted by atomic mass is 10.1. The molecular formula is C17H14N2O3. The van der Waals surface area contributed by atoms with Gasteiger partial charge in [-0.3, -0.25) is 4.98 Å². The van der Waals surface area contributed by atoms with Crippen molar-refractivity contribution in [1.29, 1.82) is 0 Å². The van der Waals surface area contributed by atoms with Crippen LogP contribution in [0.3, 0.4) is 0 Å².